The Hall–Kier alpha value is -0.700. The van der Waals surface area contributed by atoms with Gasteiger partial charge in [0.25, 0.3) is 0 Å². The summed E-state index contributed by atoms with van der Waals surface area (Å²) >= 11 is 6.41. The topological polar surface area (TPSA) is 0 Å². The van der Waals surface area contributed by atoms with E-state index in [4.69, 9.17) is 11.6 Å². The zero-order valence-corrected chi connectivity index (χ0v) is 12.3. The van der Waals surface area contributed by atoms with Gasteiger partial charge >= 0.3 is 6.18 Å². The van der Waals surface area contributed by atoms with Gasteiger partial charge in [0.05, 0.1) is 5.92 Å². The number of hydrogen-bond acceptors (Lipinski definition) is 0. The Morgan fingerprint density at radius 2 is 1.95 bits per heavy atom. The van der Waals surface area contributed by atoms with Crippen LogP contribution in [0.4, 0.5) is 13.2 Å². The third kappa shape index (κ3) is 3.91. The monoisotopic (exact) mass is 304 g/mol. The van der Waals surface area contributed by atoms with Crippen LogP contribution in [0.5, 0.6) is 0 Å². The van der Waals surface area contributed by atoms with Gasteiger partial charge in [-0.3, -0.25) is 0 Å². The van der Waals surface area contributed by atoms with Gasteiger partial charge in [-0.1, -0.05) is 30.7 Å². The van der Waals surface area contributed by atoms with E-state index in [1.165, 1.54) is 0 Å². The standard InChI is InChI=1S/C16H20ClF3/c1-11-5-2-3-6-12(11)10-15(17)13-7-4-8-14(9-13)16(18,19)20/h2-3,5-6,13-15H,4,7-10H2,1H3. The summed E-state index contributed by atoms with van der Waals surface area (Å²) in [4.78, 5) is 0. The van der Waals surface area contributed by atoms with Gasteiger partial charge < -0.3 is 0 Å². The Labute approximate surface area is 123 Å². The van der Waals surface area contributed by atoms with Crippen LogP contribution in [-0.2, 0) is 6.42 Å². The Balaban J connectivity index is 1.99. The number of benzene rings is 1. The Kier molecular flexibility index (Phi) is 5.00. The molecule has 0 heterocycles. The summed E-state index contributed by atoms with van der Waals surface area (Å²) in [5.74, 6) is -1.20. The lowest BCUT2D eigenvalue weighted by Crippen LogP contribution is -2.32. The quantitative estimate of drug-likeness (QED) is 0.646. The van der Waals surface area contributed by atoms with Crippen molar-refractivity contribution in [3.63, 3.8) is 0 Å². The third-order valence-corrected chi connectivity index (χ3v) is 4.88. The minimum absolute atomic E-state index is 0.0309. The van der Waals surface area contributed by atoms with Gasteiger partial charge in [-0.15, -0.1) is 11.6 Å². The van der Waals surface area contributed by atoms with Crippen molar-refractivity contribution in [1.29, 1.82) is 0 Å². The highest BCUT2D eigenvalue weighted by molar-refractivity contribution is 6.20. The molecule has 0 aliphatic heterocycles. The molecule has 0 saturated heterocycles. The smallest absolute Gasteiger partial charge is 0.171 e. The summed E-state index contributed by atoms with van der Waals surface area (Å²) in [6.07, 6.45) is -1.53. The predicted octanol–water partition coefficient (Wildman–Crippen LogP) is 5.51. The van der Waals surface area contributed by atoms with Crippen molar-refractivity contribution in [2.45, 2.75) is 50.6 Å². The first-order chi connectivity index (χ1) is 9.38. The van der Waals surface area contributed by atoms with Gasteiger partial charge in [0.15, 0.2) is 0 Å². The molecule has 1 aliphatic carbocycles. The molecule has 1 fully saturated rings. The zero-order chi connectivity index (χ0) is 14.8. The number of rotatable bonds is 3. The number of alkyl halides is 4. The molecule has 0 bridgehead atoms. The summed E-state index contributed by atoms with van der Waals surface area (Å²) in [6.45, 7) is 2.01. The van der Waals surface area contributed by atoms with Crippen LogP contribution in [0.1, 0.15) is 36.8 Å². The first-order valence-corrected chi connectivity index (χ1v) is 7.57. The second-order valence-electron chi connectivity index (χ2n) is 5.81. The molecular formula is C16H20ClF3. The molecule has 3 atom stereocenters. The Morgan fingerprint density at radius 3 is 2.60 bits per heavy atom. The van der Waals surface area contributed by atoms with E-state index in [2.05, 4.69) is 0 Å². The summed E-state index contributed by atoms with van der Waals surface area (Å²) < 4.78 is 38.5. The maximum atomic E-state index is 12.8. The summed E-state index contributed by atoms with van der Waals surface area (Å²) in [5.41, 5.74) is 2.29. The third-order valence-electron chi connectivity index (χ3n) is 4.37. The maximum Gasteiger partial charge on any atom is 0.391 e. The van der Waals surface area contributed by atoms with E-state index in [-0.39, 0.29) is 24.1 Å². The minimum atomic E-state index is -4.07. The zero-order valence-electron chi connectivity index (χ0n) is 11.6. The van der Waals surface area contributed by atoms with Crippen LogP contribution in [0.15, 0.2) is 24.3 Å². The molecule has 112 valence electrons. The summed E-state index contributed by atoms with van der Waals surface area (Å²) in [7, 11) is 0. The molecule has 1 aromatic rings. The number of halogens is 4. The van der Waals surface area contributed by atoms with E-state index < -0.39 is 12.1 Å². The lowest BCUT2D eigenvalue weighted by Gasteiger charge is -2.33. The average molecular weight is 305 g/mol. The summed E-state index contributed by atoms with van der Waals surface area (Å²) in [5, 5.41) is -0.207. The van der Waals surface area contributed by atoms with Crippen molar-refractivity contribution < 1.29 is 13.2 Å². The van der Waals surface area contributed by atoms with Gasteiger partial charge in [0.1, 0.15) is 0 Å². The lowest BCUT2D eigenvalue weighted by molar-refractivity contribution is -0.185. The normalized spacial score (nSPS) is 25.4. The molecule has 0 nitrogen and oxygen atoms in total. The van der Waals surface area contributed by atoms with E-state index in [1.807, 2.05) is 31.2 Å². The van der Waals surface area contributed by atoms with Gasteiger partial charge in [-0.2, -0.15) is 13.2 Å². The van der Waals surface area contributed by atoms with Gasteiger partial charge in [0.2, 0.25) is 0 Å². The fourth-order valence-electron chi connectivity index (χ4n) is 3.07. The van der Waals surface area contributed by atoms with Crippen LogP contribution in [0.3, 0.4) is 0 Å². The molecule has 0 N–H and O–H groups in total. The van der Waals surface area contributed by atoms with Gasteiger partial charge in [0, 0.05) is 5.38 Å². The molecule has 2 rings (SSSR count). The van der Waals surface area contributed by atoms with Gasteiger partial charge in [-0.05, 0) is 49.7 Å². The molecule has 1 aromatic carbocycles. The van der Waals surface area contributed by atoms with E-state index in [0.717, 1.165) is 17.5 Å². The van der Waals surface area contributed by atoms with E-state index >= 15 is 0 Å². The number of hydrogen-bond donors (Lipinski definition) is 0. The average Bonchev–Trinajstić information content (AvgIpc) is 2.40. The van der Waals surface area contributed by atoms with E-state index in [9.17, 15) is 13.2 Å². The van der Waals surface area contributed by atoms with Crippen molar-refractivity contribution in [1.82, 2.24) is 0 Å². The first kappa shape index (κ1) is 15.7. The summed E-state index contributed by atoms with van der Waals surface area (Å²) in [6, 6.07) is 7.93. The van der Waals surface area contributed by atoms with Crippen LogP contribution in [0.25, 0.3) is 0 Å². The SMILES string of the molecule is Cc1ccccc1CC(Cl)C1CCCC(C(F)(F)F)C1. The van der Waals surface area contributed by atoms with Crippen molar-refractivity contribution in [3.8, 4) is 0 Å². The van der Waals surface area contributed by atoms with Crippen LogP contribution in [-0.4, -0.2) is 11.6 Å². The molecule has 1 aliphatic rings. The lowest BCUT2D eigenvalue weighted by atomic mass is 9.78. The highest BCUT2D eigenvalue weighted by Crippen LogP contribution is 2.42. The highest BCUT2D eigenvalue weighted by Gasteiger charge is 2.43. The van der Waals surface area contributed by atoms with E-state index in [0.29, 0.717) is 12.8 Å². The molecule has 1 saturated carbocycles. The predicted molar refractivity (Wildman–Crippen MR) is 76.0 cm³/mol. The van der Waals surface area contributed by atoms with Crippen molar-refractivity contribution >= 4 is 11.6 Å². The van der Waals surface area contributed by atoms with Crippen molar-refractivity contribution in [3.05, 3.63) is 35.4 Å². The fraction of sp³-hybridized carbons (Fsp3) is 0.625. The van der Waals surface area contributed by atoms with Gasteiger partial charge in [-0.25, -0.2) is 0 Å². The minimum Gasteiger partial charge on any atom is -0.171 e. The van der Waals surface area contributed by atoms with Crippen molar-refractivity contribution in [2.75, 3.05) is 0 Å². The number of aryl methyl sites for hydroxylation is 1. The molecule has 0 amide bonds. The highest BCUT2D eigenvalue weighted by atomic mass is 35.5. The largest absolute Gasteiger partial charge is 0.391 e. The molecule has 0 spiro atoms. The molecule has 20 heavy (non-hydrogen) atoms. The second-order valence-corrected chi connectivity index (χ2v) is 6.37. The molecular weight excluding hydrogens is 285 g/mol. The first-order valence-electron chi connectivity index (χ1n) is 7.13. The Morgan fingerprint density at radius 1 is 1.25 bits per heavy atom. The van der Waals surface area contributed by atoms with Crippen LogP contribution < -0.4 is 0 Å². The molecule has 3 unspecified atom stereocenters. The van der Waals surface area contributed by atoms with Crippen LogP contribution in [0, 0.1) is 18.8 Å². The van der Waals surface area contributed by atoms with Crippen LogP contribution in [0.2, 0.25) is 0 Å². The Bertz CT molecular complexity index is 442. The molecule has 0 aromatic heterocycles. The fourth-order valence-corrected chi connectivity index (χ4v) is 3.46. The van der Waals surface area contributed by atoms with Crippen molar-refractivity contribution in [2.24, 2.45) is 11.8 Å². The second kappa shape index (κ2) is 6.38. The molecule has 4 heteroatoms. The van der Waals surface area contributed by atoms with Crippen LogP contribution >= 0.6 is 11.6 Å². The maximum absolute atomic E-state index is 12.8. The molecule has 0 radical (unpaired) electrons. The van der Waals surface area contributed by atoms with E-state index in [1.54, 1.807) is 0 Å².